The molecule has 0 aromatic heterocycles. The zero-order valence-corrected chi connectivity index (χ0v) is 8.27. The van der Waals surface area contributed by atoms with Crippen molar-refractivity contribution >= 4 is 0 Å². The average molecular weight is 154 g/mol. The van der Waals surface area contributed by atoms with Crippen molar-refractivity contribution in [2.75, 3.05) is 0 Å². The van der Waals surface area contributed by atoms with Crippen LogP contribution in [0.1, 0.15) is 52.9 Å². The van der Waals surface area contributed by atoms with E-state index in [0.29, 0.717) is 0 Å². The van der Waals surface area contributed by atoms with Gasteiger partial charge in [-0.15, -0.1) is 0 Å². The lowest BCUT2D eigenvalue weighted by molar-refractivity contribution is 0.268. The standard InChI is InChI=1S/C11H22/c1-9-5-4-6-10(2)11(3)8-7-9/h9-11H,4-8H2,1-3H3. The van der Waals surface area contributed by atoms with Crippen molar-refractivity contribution < 1.29 is 0 Å². The molecule has 1 aliphatic rings. The largest absolute Gasteiger partial charge is 0.0625 e. The van der Waals surface area contributed by atoms with Crippen molar-refractivity contribution in [1.82, 2.24) is 0 Å². The molecule has 66 valence electrons. The van der Waals surface area contributed by atoms with Crippen LogP contribution in [0, 0.1) is 17.8 Å². The van der Waals surface area contributed by atoms with E-state index in [9.17, 15) is 0 Å². The summed E-state index contributed by atoms with van der Waals surface area (Å²) in [5.41, 5.74) is 0. The number of hydrogen-bond acceptors (Lipinski definition) is 0. The van der Waals surface area contributed by atoms with Gasteiger partial charge in [-0.3, -0.25) is 0 Å². The summed E-state index contributed by atoms with van der Waals surface area (Å²) < 4.78 is 0. The van der Waals surface area contributed by atoms with E-state index in [1.54, 1.807) is 0 Å². The first kappa shape index (κ1) is 9.09. The van der Waals surface area contributed by atoms with Crippen molar-refractivity contribution in [3.05, 3.63) is 0 Å². The fraction of sp³-hybridized carbons (Fsp3) is 1.00. The smallest absolute Gasteiger partial charge is 0.0417 e. The monoisotopic (exact) mass is 154 g/mol. The first-order valence-corrected chi connectivity index (χ1v) is 5.20. The van der Waals surface area contributed by atoms with Gasteiger partial charge in [-0.25, -0.2) is 0 Å². The topological polar surface area (TPSA) is 0 Å². The first-order chi connectivity index (χ1) is 5.20. The van der Waals surface area contributed by atoms with Crippen LogP contribution in [0.2, 0.25) is 0 Å². The van der Waals surface area contributed by atoms with Crippen LogP contribution in [-0.4, -0.2) is 0 Å². The molecule has 0 N–H and O–H groups in total. The fourth-order valence-corrected chi connectivity index (χ4v) is 2.05. The summed E-state index contributed by atoms with van der Waals surface area (Å²) in [4.78, 5) is 0. The molecule has 3 atom stereocenters. The highest BCUT2D eigenvalue weighted by Crippen LogP contribution is 2.29. The zero-order chi connectivity index (χ0) is 8.27. The van der Waals surface area contributed by atoms with Crippen molar-refractivity contribution in [2.24, 2.45) is 17.8 Å². The highest BCUT2D eigenvalue weighted by atomic mass is 14.2. The second-order valence-electron chi connectivity index (χ2n) is 4.57. The predicted octanol–water partition coefficient (Wildman–Crippen LogP) is 3.86. The summed E-state index contributed by atoms with van der Waals surface area (Å²) in [6.07, 6.45) is 7.32. The minimum Gasteiger partial charge on any atom is -0.0625 e. The Hall–Kier alpha value is 0. The Bertz CT molecular complexity index is 107. The summed E-state index contributed by atoms with van der Waals surface area (Å²) in [6.45, 7) is 7.24. The molecule has 0 spiro atoms. The molecule has 1 aliphatic carbocycles. The summed E-state index contributed by atoms with van der Waals surface area (Å²) in [5, 5.41) is 0. The maximum atomic E-state index is 2.42. The molecule has 0 heterocycles. The summed E-state index contributed by atoms with van der Waals surface area (Å²) in [6, 6.07) is 0. The third-order valence-electron chi connectivity index (χ3n) is 3.44. The molecule has 0 aromatic carbocycles. The Morgan fingerprint density at radius 3 is 2.09 bits per heavy atom. The number of rotatable bonds is 0. The van der Waals surface area contributed by atoms with E-state index in [1.165, 1.54) is 32.1 Å². The Balaban J connectivity index is 2.34. The van der Waals surface area contributed by atoms with E-state index < -0.39 is 0 Å². The van der Waals surface area contributed by atoms with Gasteiger partial charge in [-0.1, -0.05) is 52.9 Å². The second-order valence-corrected chi connectivity index (χ2v) is 4.57. The molecule has 0 radical (unpaired) electrons. The summed E-state index contributed by atoms with van der Waals surface area (Å²) in [5.74, 6) is 2.94. The van der Waals surface area contributed by atoms with Crippen LogP contribution >= 0.6 is 0 Å². The van der Waals surface area contributed by atoms with Crippen LogP contribution in [0.15, 0.2) is 0 Å². The molecule has 0 bridgehead atoms. The quantitative estimate of drug-likeness (QED) is 0.497. The van der Waals surface area contributed by atoms with E-state index in [4.69, 9.17) is 0 Å². The molecule has 0 aromatic rings. The minimum absolute atomic E-state index is 0.970. The van der Waals surface area contributed by atoms with Crippen LogP contribution < -0.4 is 0 Å². The van der Waals surface area contributed by atoms with Gasteiger partial charge in [0.05, 0.1) is 0 Å². The summed E-state index contributed by atoms with van der Waals surface area (Å²) >= 11 is 0. The molecule has 0 amide bonds. The third-order valence-corrected chi connectivity index (χ3v) is 3.44. The molecule has 3 unspecified atom stereocenters. The van der Waals surface area contributed by atoms with Gasteiger partial charge in [-0.05, 0) is 17.8 Å². The Morgan fingerprint density at radius 1 is 0.727 bits per heavy atom. The van der Waals surface area contributed by atoms with Gasteiger partial charge in [0.1, 0.15) is 0 Å². The lowest BCUT2D eigenvalue weighted by atomic mass is 9.81. The minimum atomic E-state index is 0.970. The Morgan fingerprint density at radius 2 is 1.36 bits per heavy atom. The summed E-state index contributed by atoms with van der Waals surface area (Å²) in [7, 11) is 0. The van der Waals surface area contributed by atoms with Crippen molar-refractivity contribution in [3.8, 4) is 0 Å². The van der Waals surface area contributed by atoms with Crippen LogP contribution in [-0.2, 0) is 0 Å². The van der Waals surface area contributed by atoms with Gasteiger partial charge in [0.15, 0.2) is 0 Å². The van der Waals surface area contributed by atoms with Gasteiger partial charge in [0.25, 0.3) is 0 Å². The number of hydrogen-bond donors (Lipinski definition) is 0. The Kier molecular flexibility index (Phi) is 3.42. The van der Waals surface area contributed by atoms with Gasteiger partial charge < -0.3 is 0 Å². The molecular formula is C11H22. The molecule has 1 saturated carbocycles. The maximum absolute atomic E-state index is 2.42. The van der Waals surface area contributed by atoms with Crippen molar-refractivity contribution in [1.29, 1.82) is 0 Å². The lowest BCUT2D eigenvalue weighted by Crippen LogP contribution is -2.13. The van der Waals surface area contributed by atoms with Crippen molar-refractivity contribution in [3.63, 3.8) is 0 Å². The molecule has 0 aliphatic heterocycles. The van der Waals surface area contributed by atoms with Crippen LogP contribution in [0.4, 0.5) is 0 Å². The molecular weight excluding hydrogens is 132 g/mol. The Labute approximate surface area is 71.4 Å². The third kappa shape index (κ3) is 2.84. The van der Waals surface area contributed by atoms with Crippen molar-refractivity contribution in [2.45, 2.75) is 52.9 Å². The highest BCUT2D eigenvalue weighted by Gasteiger charge is 2.16. The van der Waals surface area contributed by atoms with E-state index in [2.05, 4.69) is 20.8 Å². The fourth-order valence-electron chi connectivity index (χ4n) is 2.05. The van der Waals surface area contributed by atoms with Crippen LogP contribution in [0.3, 0.4) is 0 Å². The van der Waals surface area contributed by atoms with Gasteiger partial charge in [0, 0.05) is 0 Å². The highest BCUT2D eigenvalue weighted by molar-refractivity contribution is 4.68. The molecule has 0 nitrogen and oxygen atoms in total. The SMILES string of the molecule is CC1CCCC(C)C(C)CC1. The lowest BCUT2D eigenvalue weighted by Gasteiger charge is -2.25. The molecule has 0 heteroatoms. The molecule has 11 heavy (non-hydrogen) atoms. The van der Waals surface area contributed by atoms with E-state index in [0.717, 1.165) is 17.8 Å². The van der Waals surface area contributed by atoms with E-state index in [-0.39, 0.29) is 0 Å². The van der Waals surface area contributed by atoms with E-state index >= 15 is 0 Å². The van der Waals surface area contributed by atoms with Crippen LogP contribution in [0.25, 0.3) is 0 Å². The molecule has 1 fully saturated rings. The van der Waals surface area contributed by atoms with Gasteiger partial charge in [-0.2, -0.15) is 0 Å². The predicted molar refractivity (Wildman–Crippen MR) is 50.6 cm³/mol. The first-order valence-electron chi connectivity index (χ1n) is 5.20. The normalized spacial score (nSPS) is 41.2. The zero-order valence-electron chi connectivity index (χ0n) is 8.27. The van der Waals surface area contributed by atoms with Gasteiger partial charge >= 0.3 is 0 Å². The van der Waals surface area contributed by atoms with Gasteiger partial charge in [0.2, 0.25) is 0 Å². The van der Waals surface area contributed by atoms with Crippen LogP contribution in [0.5, 0.6) is 0 Å². The second kappa shape index (κ2) is 4.13. The molecule has 1 rings (SSSR count). The average Bonchev–Trinajstić information content (AvgIpc) is 1.98. The molecule has 0 saturated heterocycles. The van der Waals surface area contributed by atoms with E-state index in [1.807, 2.05) is 0 Å². The maximum Gasteiger partial charge on any atom is -0.0417 e.